The van der Waals surface area contributed by atoms with Crippen molar-refractivity contribution < 1.29 is 13.2 Å². The second kappa shape index (κ2) is 6.22. The molecule has 0 amide bonds. The Bertz CT molecular complexity index is 652. The number of aromatic nitrogens is 3. The fourth-order valence-corrected chi connectivity index (χ4v) is 3.67. The zero-order valence-electron chi connectivity index (χ0n) is 14.7. The molecule has 2 aromatic rings. The molecule has 0 unspecified atom stereocenters. The van der Waals surface area contributed by atoms with Gasteiger partial charge in [-0.25, -0.2) is 4.98 Å². The van der Waals surface area contributed by atoms with Crippen LogP contribution < -0.4 is 0 Å². The lowest BCUT2D eigenvalue weighted by molar-refractivity contribution is -0.137. The van der Waals surface area contributed by atoms with Gasteiger partial charge in [0.15, 0.2) is 0 Å². The predicted octanol–water partition coefficient (Wildman–Crippen LogP) is 4.94. The summed E-state index contributed by atoms with van der Waals surface area (Å²) in [7, 11) is 0. The van der Waals surface area contributed by atoms with Crippen LogP contribution in [0, 0.1) is 11.3 Å². The van der Waals surface area contributed by atoms with Gasteiger partial charge in [0, 0.05) is 5.41 Å². The number of alkyl halides is 3. The van der Waals surface area contributed by atoms with Gasteiger partial charge in [0.2, 0.25) is 0 Å². The van der Waals surface area contributed by atoms with Crippen LogP contribution in [0.1, 0.15) is 45.7 Å². The van der Waals surface area contributed by atoms with Crippen molar-refractivity contribution in [1.82, 2.24) is 14.8 Å². The van der Waals surface area contributed by atoms with Crippen molar-refractivity contribution in [2.75, 3.05) is 0 Å². The van der Waals surface area contributed by atoms with Gasteiger partial charge in [0.1, 0.15) is 12.7 Å². The molecule has 2 rings (SSSR count). The Labute approximate surface area is 140 Å². The average molecular weight is 339 g/mol. The van der Waals surface area contributed by atoms with Crippen LogP contribution in [0.2, 0.25) is 0 Å². The lowest BCUT2D eigenvalue weighted by atomic mass is 9.57. The Morgan fingerprint density at radius 2 is 1.54 bits per heavy atom. The summed E-state index contributed by atoms with van der Waals surface area (Å²) in [5.41, 5.74) is -0.315. The SMILES string of the molecule is CC(C)[C@@](Cn1cncn1)(c1ccc(C(F)(F)F)cc1)C(C)(C)C. The minimum absolute atomic E-state index is 0.188. The van der Waals surface area contributed by atoms with Crippen LogP contribution in [0.15, 0.2) is 36.9 Å². The molecule has 0 fully saturated rings. The van der Waals surface area contributed by atoms with E-state index >= 15 is 0 Å². The summed E-state index contributed by atoms with van der Waals surface area (Å²) in [5.74, 6) is 0.193. The van der Waals surface area contributed by atoms with Gasteiger partial charge in [-0.1, -0.05) is 46.8 Å². The monoisotopic (exact) mass is 339 g/mol. The van der Waals surface area contributed by atoms with Crippen molar-refractivity contribution in [2.45, 2.75) is 52.8 Å². The Morgan fingerprint density at radius 1 is 1.00 bits per heavy atom. The van der Waals surface area contributed by atoms with Gasteiger partial charge in [-0.2, -0.15) is 18.3 Å². The lowest BCUT2D eigenvalue weighted by Crippen LogP contribution is -2.48. The molecule has 3 nitrogen and oxygen atoms in total. The quantitative estimate of drug-likeness (QED) is 0.790. The molecule has 1 atom stereocenters. The van der Waals surface area contributed by atoms with Crippen LogP contribution in [0.4, 0.5) is 13.2 Å². The molecular weight excluding hydrogens is 315 g/mol. The van der Waals surface area contributed by atoms with Gasteiger partial charge in [0.05, 0.1) is 12.1 Å². The fraction of sp³-hybridized carbons (Fsp3) is 0.556. The molecule has 0 radical (unpaired) electrons. The van der Waals surface area contributed by atoms with Crippen LogP contribution in [-0.4, -0.2) is 14.8 Å². The second-order valence-electron chi connectivity index (χ2n) is 7.54. The molecule has 0 aliphatic carbocycles. The summed E-state index contributed by atoms with van der Waals surface area (Å²) in [4.78, 5) is 3.99. The molecule has 1 aromatic heterocycles. The third kappa shape index (κ3) is 3.32. The summed E-state index contributed by atoms with van der Waals surface area (Å²) in [5, 5.41) is 4.20. The molecule has 0 aliphatic rings. The van der Waals surface area contributed by atoms with Crippen LogP contribution in [0.3, 0.4) is 0 Å². The highest BCUT2D eigenvalue weighted by Gasteiger charge is 2.46. The lowest BCUT2D eigenvalue weighted by Gasteiger charge is -2.48. The third-order valence-corrected chi connectivity index (χ3v) is 4.93. The maximum atomic E-state index is 12.9. The molecule has 0 bridgehead atoms. The first kappa shape index (κ1) is 18.5. The fourth-order valence-electron chi connectivity index (χ4n) is 3.67. The molecule has 132 valence electrons. The standard InChI is InChI=1S/C18H24F3N3/c1-13(2)17(16(3,4)5,10-24-12-22-11-23-24)14-6-8-15(9-7-14)18(19,20)21/h6-9,11-13H,10H2,1-5H3/t17-/m0/s1. The average Bonchev–Trinajstić information content (AvgIpc) is 2.95. The van der Waals surface area contributed by atoms with Gasteiger partial charge in [-0.05, 0) is 29.0 Å². The van der Waals surface area contributed by atoms with E-state index in [2.05, 4.69) is 44.7 Å². The van der Waals surface area contributed by atoms with E-state index < -0.39 is 11.7 Å². The zero-order chi connectivity index (χ0) is 18.2. The highest BCUT2D eigenvalue weighted by Crippen LogP contribution is 2.48. The van der Waals surface area contributed by atoms with Crippen LogP contribution in [0.25, 0.3) is 0 Å². The minimum Gasteiger partial charge on any atom is -0.252 e. The normalized spacial score (nSPS) is 15.5. The number of nitrogens with zero attached hydrogens (tertiary/aromatic N) is 3. The molecular formula is C18H24F3N3. The van der Waals surface area contributed by atoms with E-state index in [1.54, 1.807) is 23.1 Å². The van der Waals surface area contributed by atoms with Crippen molar-refractivity contribution in [1.29, 1.82) is 0 Å². The molecule has 6 heteroatoms. The van der Waals surface area contributed by atoms with Crippen molar-refractivity contribution in [3.8, 4) is 0 Å². The van der Waals surface area contributed by atoms with E-state index in [4.69, 9.17) is 0 Å². The highest BCUT2D eigenvalue weighted by molar-refractivity contribution is 5.33. The van der Waals surface area contributed by atoms with Crippen molar-refractivity contribution in [3.05, 3.63) is 48.0 Å². The predicted molar refractivity (Wildman–Crippen MR) is 87.4 cm³/mol. The molecule has 0 saturated heterocycles. The van der Waals surface area contributed by atoms with E-state index in [1.165, 1.54) is 18.5 Å². The van der Waals surface area contributed by atoms with Crippen LogP contribution in [-0.2, 0) is 18.1 Å². The Kier molecular flexibility index (Phi) is 4.79. The maximum absolute atomic E-state index is 12.9. The molecule has 0 saturated carbocycles. The zero-order valence-corrected chi connectivity index (χ0v) is 14.7. The van der Waals surface area contributed by atoms with Crippen molar-refractivity contribution in [3.63, 3.8) is 0 Å². The van der Waals surface area contributed by atoms with E-state index in [0.29, 0.717) is 6.54 Å². The number of halogens is 3. The molecule has 0 spiro atoms. The maximum Gasteiger partial charge on any atom is 0.416 e. The van der Waals surface area contributed by atoms with Gasteiger partial charge in [-0.3, -0.25) is 4.68 Å². The Balaban J connectivity index is 2.57. The summed E-state index contributed by atoms with van der Waals surface area (Å²) >= 11 is 0. The van der Waals surface area contributed by atoms with E-state index in [-0.39, 0.29) is 16.7 Å². The first-order valence-corrected chi connectivity index (χ1v) is 7.98. The van der Waals surface area contributed by atoms with Gasteiger partial charge in [0.25, 0.3) is 0 Å². The molecule has 24 heavy (non-hydrogen) atoms. The molecule has 1 aromatic carbocycles. The van der Waals surface area contributed by atoms with Gasteiger partial charge in [-0.15, -0.1) is 0 Å². The summed E-state index contributed by atoms with van der Waals surface area (Å²) in [6.07, 6.45) is -1.21. The van der Waals surface area contributed by atoms with Crippen LogP contribution >= 0.6 is 0 Å². The second-order valence-corrected chi connectivity index (χ2v) is 7.54. The Morgan fingerprint density at radius 3 is 1.92 bits per heavy atom. The van der Waals surface area contributed by atoms with E-state index in [1.807, 2.05) is 0 Å². The molecule has 0 N–H and O–H groups in total. The first-order valence-electron chi connectivity index (χ1n) is 7.98. The van der Waals surface area contributed by atoms with E-state index in [0.717, 1.165) is 5.56 Å². The number of hydrogen-bond donors (Lipinski definition) is 0. The van der Waals surface area contributed by atoms with Crippen molar-refractivity contribution in [2.24, 2.45) is 11.3 Å². The summed E-state index contributed by atoms with van der Waals surface area (Å²) in [6.45, 7) is 11.1. The smallest absolute Gasteiger partial charge is 0.252 e. The number of benzene rings is 1. The Hall–Kier alpha value is -1.85. The number of hydrogen-bond acceptors (Lipinski definition) is 2. The van der Waals surface area contributed by atoms with E-state index in [9.17, 15) is 13.2 Å². The van der Waals surface area contributed by atoms with Crippen molar-refractivity contribution >= 4 is 0 Å². The van der Waals surface area contributed by atoms with Gasteiger partial charge >= 0.3 is 6.18 Å². The van der Waals surface area contributed by atoms with Crippen LogP contribution in [0.5, 0.6) is 0 Å². The number of rotatable bonds is 4. The highest BCUT2D eigenvalue weighted by atomic mass is 19.4. The topological polar surface area (TPSA) is 30.7 Å². The minimum atomic E-state index is -4.33. The first-order chi connectivity index (χ1) is 11.0. The summed E-state index contributed by atoms with van der Waals surface area (Å²) in [6, 6.07) is 5.54. The molecule has 0 aliphatic heterocycles. The molecule has 1 heterocycles. The largest absolute Gasteiger partial charge is 0.416 e. The summed E-state index contributed by atoms with van der Waals surface area (Å²) < 4.78 is 40.4. The third-order valence-electron chi connectivity index (χ3n) is 4.93. The van der Waals surface area contributed by atoms with Gasteiger partial charge < -0.3 is 0 Å².